The highest BCUT2D eigenvalue weighted by Gasteiger charge is 2.26. The first-order valence-corrected chi connectivity index (χ1v) is 6.02. The Morgan fingerprint density at radius 3 is 2.40 bits per heavy atom. The van der Waals surface area contributed by atoms with Crippen LogP contribution in [0.4, 0.5) is 0 Å². The zero-order chi connectivity index (χ0) is 11.3. The Bertz CT molecular complexity index is 282. The average molecular weight is 224 g/mol. The minimum atomic E-state index is -0.329. The number of aryl methyl sites for hydroxylation is 1. The molecule has 0 aliphatic heterocycles. The molecule has 0 spiro atoms. The maximum Gasteiger partial charge on any atom is 0.0679 e. The van der Waals surface area contributed by atoms with Crippen molar-refractivity contribution in [3.05, 3.63) is 35.9 Å². The highest BCUT2D eigenvalue weighted by molar-refractivity contribution is 7.80. The van der Waals surface area contributed by atoms with E-state index in [2.05, 4.69) is 50.7 Å². The summed E-state index contributed by atoms with van der Waals surface area (Å²) in [7, 11) is 0. The molecule has 0 aliphatic rings. The largest absolute Gasteiger partial charge is 0.392 e. The van der Waals surface area contributed by atoms with Gasteiger partial charge in [-0.05, 0) is 23.8 Å². The summed E-state index contributed by atoms with van der Waals surface area (Å²) in [6, 6.07) is 10.4. The van der Waals surface area contributed by atoms with Crippen molar-refractivity contribution in [3.63, 3.8) is 0 Å². The van der Waals surface area contributed by atoms with Crippen molar-refractivity contribution in [2.75, 3.05) is 5.75 Å². The van der Waals surface area contributed by atoms with Gasteiger partial charge in [-0.25, -0.2) is 0 Å². The van der Waals surface area contributed by atoms with Crippen LogP contribution in [0.2, 0.25) is 0 Å². The van der Waals surface area contributed by atoms with Crippen molar-refractivity contribution in [2.45, 2.75) is 32.8 Å². The van der Waals surface area contributed by atoms with E-state index in [1.54, 1.807) is 0 Å². The minimum absolute atomic E-state index is 0.0579. The summed E-state index contributed by atoms with van der Waals surface area (Å²) in [6.07, 6.45) is 1.67. The number of thiol groups is 1. The molecular weight excluding hydrogens is 204 g/mol. The number of aliphatic hydroxyl groups excluding tert-OH is 1. The molecule has 0 amide bonds. The van der Waals surface area contributed by atoms with Gasteiger partial charge in [0.25, 0.3) is 0 Å². The Labute approximate surface area is 97.9 Å². The normalized spacial score (nSPS) is 13.9. The molecule has 0 heterocycles. The van der Waals surface area contributed by atoms with E-state index in [-0.39, 0.29) is 11.5 Å². The van der Waals surface area contributed by atoms with Crippen molar-refractivity contribution in [1.82, 2.24) is 0 Å². The van der Waals surface area contributed by atoms with E-state index in [0.29, 0.717) is 5.75 Å². The van der Waals surface area contributed by atoms with Crippen LogP contribution in [-0.2, 0) is 6.42 Å². The van der Waals surface area contributed by atoms with Crippen molar-refractivity contribution < 1.29 is 5.11 Å². The van der Waals surface area contributed by atoms with Gasteiger partial charge in [-0.1, -0.05) is 44.2 Å². The summed E-state index contributed by atoms with van der Waals surface area (Å²) in [5.41, 5.74) is 1.27. The summed E-state index contributed by atoms with van der Waals surface area (Å²) < 4.78 is 0. The van der Waals surface area contributed by atoms with Gasteiger partial charge < -0.3 is 5.11 Å². The zero-order valence-electron chi connectivity index (χ0n) is 9.48. The van der Waals surface area contributed by atoms with E-state index in [4.69, 9.17) is 0 Å². The van der Waals surface area contributed by atoms with Crippen LogP contribution in [0.25, 0.3) is 0 Å². The summed E-state index contributed by atoms with van der Waals surface area (Å²) in [5, 5.41) is 9.79. The summed E-state index contributed by atoms with van der Waals surface area (Å²) in [6.45, 7) is 4.19. The van der Waals surface area contributed by atoms with Gasteiger partial charge in [-0.2, -0.15) is 12.6 Å². The molecule has 0 fully saturated rings. The Balaban J connectivity index is 2.49. The summed E-state index contributed by atoms with van der Waals surface area (Å²) in [5.74, 6) is 0.530. The molecule has 15 heavy (non-hydrogen) atoms. The molecule has 0 aliphatic carbocycles. The van der Waals surface area contributed by atoms with E-state index in [1.165, 1.54) is 5.56 Å². The van der Waals surface area contributed by atoms with E-state index < -0.39 is 0 Å². The number of benzene rings is 1. The van der Waals surface area contributed by atoms with E-state index in [1.807, 2.05) is 6.07 Å². The zero-order valence-corrected chi connectivity index (χ0v) is 10.4. The molecule has 0 radical (unpaired) electrons. The topological polar surface area (TPSA) is 20.2 Å². The SMILES string of the molecule is CC(C)(CCc1ccccc1)C(O)CS. The lowest BCUT2D eigenvalue weighted by Crippen LogP contribution is -2.31. The lowest BCUT2D eigenvalue weighted by Gasteiger charge is -2.29. The van der Waals surface area contributed by atoms with Crippen molar-refractivity contribution >= 4 is 12.6 Å². The van der Waals surface area contributed by atoms with E-state index in [9.17, 15) is 5.11 Å². The van der Waals surface area contributed by atoms with Crippen LogP contribution in [0.3, 0.4) is 0 Å². The molecule has 1 N–H and O–H groups in total. The first-order chi connectivity index (χ1) is 7.06. The third kappa shape index (κ3) is 3.88. The van der Waals surface area contributed by atoms with Crippen molar-refractivity contribution in [3.8, 4) is 0 Å². The van der Waals surface area contributed by atoms with Crippen LogP contribution in [0, 0.1) is 5.41 Å². The maximum atomic E-state index is 9.79. The third-order valence-corrected chi connectivity index (χ3v) is 3.32. The second-order valence-electron chi connectivity index (χ2n) is 4.67. The molecule has 0 saturated carbocycles. The van der Waals surface area contributed by atoms with Gasteiger partial charge in [0.05, 0.1) is 6.10 Å². The van der Waals surface area contributed by atoms with Crippen LogP contribution < -0.4 is 0 Å². The number of hydrogen-bond acceptors (Lipinski definition) is 2. The fourth-order valence-electron chi connectivity index (χ4n) is 1.52. The van der Waals surface area contributed by atoms with Crippen LogP contribution >= 0.6 is 12.6 Å². The second-order valence-corrected chi connectivity index (χ2v) is 5.04. The lowest BCUT2D eigenvalue weighted by molar-refractivity contribution is 0.0643. The quantitative estimate of drug-likeness (QED) is 0.737. The van der Waals surface area contributed by atoms with E-state index in [0.717, 1.165) is 12.8 Å². The highest BCUT2D eigenvalue weighted by atomic mass is 32.1. The summed E-state index contributed by atoms with van der Waals surface area (Å²) >= 11 is 4.14. The number of hydrogen-bond donors (Lipinski definition) is 2. The third-order valence-electron chi connectivity index (χ3n) is 2.98. The molecule has 1 atom stereocenters. The first kappa shape index (κ1) is 12.6. The molecule has 1 rings (SSSR count). The Morgan fingerprint density at radius 2 is 1.87 bits per heavy atom. The Hall–Kier alpha value is -0.470. The molecule has 0 aromatic heterocycles. The van der Waals surface area contributed by atoms with Crippen molar-refractivity contribution in [1.29, 1.82) is 0 Å². The molecule has 1 nitrogen and oxygen atoms in total. The molecule has 0 bridgehead atoms. The van der Waals surface area contributed by atoms with Gasteiger partial charge in [-0.3, -0.25) is 0 Å². The molecule has 1 aromatic rings. The molecule has 0 saturated heterocycles. The fourth-order valence-corrected chi connectivity index (χ4v) is 2.02. The predicted molar refractivity (Wildman–Crippen MR) is 68.4 cm³/mol. The highest BCUT2D eigenvalue weighted by Crippen LogP contribution is 2.27. The van der Waals surface area contributed by atoms with Crippen molar-refractivity contribution in [2.24, 2.45) is 5.41 Å². The predicted octanol–water partition coefficient (Wildman–Crippen LogP) is 2.94. The van der Waals surface area contributed by atoms with Gasteiger partial charge in [-0.15, -0.1) is 0 Å². The number of aliphatic hydroxyl groups is 1. The van der Waals surface area contributed by atoms with Crippen LogP contribution in [-0.4, -0.2) is 17.0 Å². The Morgan fingerprint density at radius 1 is 1.27 bits per heavy atom. The molecule has 2 heteroatoms. The molecular formula is C13H20OS. The molecule has 1 unspecified atom stereocenters. The average Bonchev–Trinajstić information content (AvgIpc) is 2.27. The minimum Gasteiger partial charge on any atom is -0.392 e. The smallest absolute Gasteiger partial charge is 0.0679 e. The van der Waals surface area contributed by atoms with Gasteiger partial charge in [0.15, 0.2) is 0 Å². The lowest BCUT2D eigenvalue weighted by atomic mass is 9.81. The van der Waals surface area contributed by atoms with Gasteiger partial charge in [0, 0.05) is 5.75 Å². The van der Waals surface area contributed by atoms with Gasteiger partial charge in [0.2, 0.25) is 0 Å². The van der Waals surface area contributed by atoms with Crippen LogP contribution in [0.1, 0.15) is 25.8 Å². The summed E-state index contributed by atoms with van der Waals surface area (Å²) in [4.78, 5) is 0. The molecule has 84 valence electrons. The van der Waals surface area contributed by atoms with Crippen LogP contribution in [0.15, 0.2) is 30.3 Å². The van der Waals surface area contributed by atoms with E-state index >= 15 is 0 Å². The van der Waals surface area contributed by atoms with Gasteiger partial charge in [0.1, 0.15) is 0 Å². The molecule has 1 aromatic carbocycles. The standard InChI is InChI=1S/C13H20OS/c1-13(2,12(14)10-15)9-8-11-6-4-3-5-7-11/h3-7,12,14-15H,8-10H2,1-2H3. The number of rotatable bonds is 5. The first-order valence-electron chi connectivity index (χ1n) is 5.39. The van der Waals surface area contributed by atoms with Crippen LogP contribution in [0.5, 0.6) is 0 Å². The maximum absolute atomic E-state index is 9.79. The Kier molecular flexibility index (Phi) is 4.68. The van der Waals surface area contributed by atoms with Gasteiger partial charge >= 0.3 is 0 Å². The second kappa shape index (κ2) is 5.57. The monoisotopic (exact) mass is 224 g/mol. The fraction of sp³-hybridized carbons (Fsp3) is 0.538.